The number of ether oxygens (including phenoxy) is 2. The van der Waals surface area contributed by atoms with Crippen LogP contribution in [-0.2, 0) is 19.1 Å². The Morgan fingerprint density at radius 2 is 1.38 bits per heavy atom. The predicted octanol–water partition coefficient (Wildman–Crippen LogP) is 7.78. The number of alkyl halides is 3. The van der Waals surface area contributed by atoms with E-state index >= 15 is 0 Å². The van der Waals surface area contributed by atoms with Crippen LogP contribution in [0, 0.1) is 33.8 Å². The summed E-state index contributed by atoms with van der Waals surface area (Å²) in [6.07, 6.45) is -5.62. The second-order valence-electron chi connectivity index (χ2n) is 17.7. The van der Waals surface area contributed by atoms with E-state index in [4.69, 9.17) is 9.47 Å². The molecular formula is C32H56F3N3O7Si2. The molecule has 47 heavy (non-hydrogen) atoms. The number of amides is 2. The van der Waals surface area contributed by atoms with Crippen molar-refractivity contribution in [3.63, 3.8) is 0 Å². The smallest absolute Gasteiger partial charge is 0.467 e. The summed E-state index contributed by atoms with van der Waals surface area (Å²) in [6.45, 7) is 28.7. The van der Waals surface area contributed by atoms with E-state index in [9.17, 15) is 37.7 Å². The van der Waals surface area contributed by atoms with Crippen molar-refractivity contribution in [2.24, 2.45) is 23.7 Å². The summed E-state index contributed by atoms with van der Waals surface area (Å²) in [5, 5.41) is 12.7. The van der Waals surface area contributed by atoms with Crippen molar-refractivity contribution in [2.45, 2.75) is 134 Å². The molecule has 0 spiro atoms. The lowest BCUT2D eigenvalue weighted by atomic mass is 9.76. The summed E-state index contributed by atoms with van der Waals surface area (Å²) in [4.78, 5) is 53.3. The van der Waals surface area contributed by atoms with Gasteiger partial charge in [0.2, 0.25) is 6.54 Å². The Bertz CT molecular complexity index is 1250. The van der Waals surface area contributed by atoms with Crippen molar-refractivity contribution in [2.75, 3.05) is 13.7 Å². The van der Waals surface area contributed by atoms with Gasteiger partial charge in [0.25, 0.3) is 0 Å². The number of carbonyl (C=O) groups excluding carboxylic acids is 3. The Labute approximate surface area is 279 Å². The molecule has 1 saturated heterocycles. The lowest BCUT2D eigenvalue weighted by Crippen LogP contribution is -2.63. The summed E-state index contributed by atoms with van der Waals surface area (Å²) in [6, 6.07) is -0.991. The molecule has 0 aromatic rings. The number of hydrazine groups is 1. The molecule has 0 bridgehead atoms. The highest BCUT2D eigenvalue weighted by atomic mass is 28.3. The lowest BCUT2D eigenvalue weighted by Gasteiger charge is -2.49. The van der Waals surface area contributed by atoms with E-state index in [0.29, 0.717) is 22.1 Å². The molecule has 1 aliphatic heterocycles. The third-order valence-corrected chi connectivity index (χ3v) is 22.6. The monoisotopic (exact) mass is 707 g/mol. The molecule has 2 fully saturated rings. The molecule has 270 valence electrons. The summed E-state index contributed by atoms with van der Waals surface area (Å²) in [5.74, 6) is -7.20. The average Bonchev–Trinajstić information content (AvgIpc) is 3.28. The Morgan fingerprint density at radius 1 is 0.915 bits per heavy atom. The number of hydrogen-bond acceptors (Lipinski definition) is 7. The first-order valence-corrected chi connectivity index (χ1v) is 22.5. The minimum absolute atomic E-state index is 0.196. The highest BCUT2D eigenvalue weighted by Crippen LogP contribution is 2.65. The zero-order valence-corrected chi connectivity index (χ0v) is 32.6. The molecule has 1 saturated carbocycles. The maximum Gasteiger partial charge on any atom is 0.473 e. The molecule has 2 aliphatic rings. The van der Waals surface area contributed by atoms with Crippen LogP contribution < -0.4 is 0 Å². The number of rotatable bonds is 8. The largest absolute Gasteiger partial charge is 0.473 e. The maximum absolute atomic E-state index is 14.7. The highest BCUT2D eigenvalue weighted by Gasteiger charge is 2.77. The van der Waals surface area contributed by atoms with Crippen LogP contribution in [0.4, 0.5) is 18.0 Å². The molecule has 15 heteroatoms. The van der Waals surface area contributed by atoms with Gasteiger partial charge in [0, 0.05) is 16.8 Å². The molecule has 1 aliphatic carbocycles. The molecule has 10 nitrogen and oxygen atoms in total. The minimum atomic E-state index is -5.48. The van der Waals surface area contributed by atoms with Crippen molar-refractivity contribution < 1.29 is 42.0 Å². The van der Waals surface area contributed by atoms with Gasteiger partial charge in [-0.2, -0.15) is 13.2 Å². The molecule has 0 aromatic heterocycles. The van der Waals surface area contributed by atoms with E-state index in [1.807, 2.05) is 0 Å². The van der Waals surface area contributed by atoms with Crippen molar-refractivity contribution >= 4 is 34.1 Å². The fraction of sp³-hybridized carbons (Fsp3) is 0.844. The topological polar surface area (TPSA) is 119 Å². The first-order valence-electron chi connectivity index (χ1n) is 16.1. The third kappa shape index (κ3) is 7.60. The van der Waals surface area contributed by atoms with Crippen LogP contribution in [0.25, 0.3) is 0 Å². The maximum atomic E-state index is 14.7. The van der Waals surface area contributed by atoms with Gasteiger partial charge in [-0.1, -0.05) is 85.9 Å². The van der Waals surface area contributed by atoms with E-state index in [1.54, 1.807) is 0 Å². The van der Waals surface area contributed by atoms with Crippen LogP contribution in [0.3, 0.4) is 0 Å². The first kappa shape index (κ1) is 40.7. The Kier molecular flexibility index (Phi) is 11.1. The van der Waals surface area contributed by atoms with E-state index < -0.39 is 92.6 Å². The van der Waals surface area contributed by atoms with Crippen molar-refractivity contribution in [1.29, 1.82) is 0 Å². The Hall–Kier alpha value is -2.43. The third-order valence-electron chi connectivity index (χ3n) is 11.5. The van der Waals surface area contributed by atoms with Crippen LogP contribution in [0.2, 0.25) is 48.4 Å². The zero-order valence-electron chi connectivity index (χ0n) is 30.6. The SMILES string of the molecule is C=C[C@@]12C([C@@H](C(=O)OC)N(C(=O)OC(C)(C)C)N1C(=O)C(F)(F)F)[C@H](C[N+](=O)[O-])[C@@H](C[Si](C)(C)C(C)(C)C)[C@@H]2C[Si](C)(C)C(C)(C)C. The molecular weight excluding hydrogens is 652 g/mol. The molecule has 1 heterocycles. The van der Waals surface area contributed by atoms with E-state index in [-0.39, 0.29) is 10.1 Å². The number of nitrogens with zero attached hydrogens (tertiary/aromatic N) is 3. The van der Waals surface area contributed by atoms with Crippen molar-refractivity contribution in [1.82, 2.24) is 10.0 Å². The Balaban J connectivity index is 3.23. The minimum Gasteiger partial charge on any atom is -0.467 e. The van der Waals surface area contributed by atoms with Crippen LogP contribution in [0.15, 0.2) is 12.7 Å². The lowest BCUT2D eigenvalue weighted by molar-refractivity contribution is -0.491. The molecule has 2 amide bonds. The van der Waals surface area contributed by atoms with Gasteiger partial charge in [0.1, 0.15) is 5.60 Å². The summed E-state index contributed by atoms with van der Waals surface area (Å²) < 4.78 is 54.8. The second kappa shape index (κ2) is 12.8. The van der Waals surface area contributed by atoms with E-state index in [0.717, 1.165) is 7.11 Å². The molecule has 0 radical (unpaired) electrons. The molecule has 0 N–H and O–H groups in total. The zero-order chi connectivity index (χ0) is 37.1. The summed E-state index contributed by atoms with van der Waals surface area (Å²) in [7, 11) is -3.75. The average molecular weight is 708 g/mol. The van der Waals surface area contributed by atoms with Gasteiger partial charge in [-0.3, -0.25) is 14.9 Å². The van der Waals surface area contributed by atoms with Crippen LogP contribution in [-0.4, -0.2) is 86.1 Å². The number of esters is 1. The van der Waals surface area contributed by atoms with E-state index in [1.165, 1.54) is 26.8 Å². The molecule has 2 rings (SSSR count). The normalized spacial score (nSPS) is 27.4. The van der Waals surface area contributed by atoms with Gasteiger partial charge in [0.05, 0.1) is 28.8 Å². The van der Waals surface area contributed by atoms with Gasteiger partial charge >= 0.3 is 24.1 Å². The summed E-state index contributed by atoms with van der Waals surface area (Å²) >= 11 is 0. The quantitative estimate of drug-likeness (QED) is 0.0831. The summed E-state index contributed by atoms with van der Waals surface area (Å²) in [5.41, 5.74) is -3.24. The van der Waals surface area contributed by atoms with Crippen molar-refractivity contribution in [3.8, 4) is 0 Å². The second-order valence-corrected chi connectivity index (χ2v) is 29.0. The van der Waals surface area contributed by atoms with Crippen LogP contribution in [0.5, 0.6) is 0 Å². The van der Waals surface area contributed by atoms with Gasteiger partial charge in [-0.25, -0.2) is 19.6 Å². The van der Waals surface area contributed by atoms with Gasteiger partial charge in [-0.15, -0.1) is 6.58 Å². The number of nitro groups is 1. The first-order chi connectivity index (χ1) is 20.8. The van der Waals surface area contributed by atoms with Crippen LogP contribution >= 0.6 is 0 Å². The molecule has 0 aromatic carbocycles. The van der Waals surface area contributed by atoms with Gasteiger partial charge in [0.15, 0.2) is 6.04 Å². The van der Waals surface area contributed by atoms with Crippen LogP contribution in [0.1, 0.15) is 62.3 Å². The van der Waals surface area contributed by atoms with Crippen molar-refractivity contribution in [3.05, 3.63) is 22.8 Å². The fourth-order valence-corrected chi connectivity index (χ4v) is 11.9. The van der Waals surface area contributed by atoms with Gasteiger partial charge in [-0.05, 0) is 42.7 Å². The van der Waals surface area contributed by atoms with E-state index in [2.05, 4.69) is 74.3 Å². The standard InChI is InChI=1S/C32H56F3N3O7Si2/c1-16-31-22(19-47(14,15)30(8,9)10)21(18-46(12,13)29(5,6)7)20(17-36(42)43)23(31)24(25(39)44-11)37(27(41)45-28(2,3)4)38(31)26(40)32(33,34)35/h16,20-24H,1,17-19H2,2-15H3/t20-,21-,22+,23?,24+,31-/m1/s1. The Morgan fingerprint density at radius 3 is 1.74 bits per heavy atom. The molecule has 1 unspecified atom stereocenters. The number of carbonyl (C=O) groups is 3. The number of fused-ring (bicyclic) bond motifs is 1. The molecule has 6 atom stereocenters. The number of hydrogen-bond donors (Lipinski definition) is 0. The fourth-order valence-electron chi connectivity index (χ4n) is 7.17. The predicted molar refractivity (Wildman–Crippen MR) is 180 cm³/mol. The number of halogens is 3. The highest BCUT2D eigenvalue weighted by molar-refractivity contribution is 6.81. The van der Waals surface area contributed by atoms with Gasteiger partial charge < -0.3 is 9.47 Å². The number of methoxy groups -OCH3 is 1.